The van der Waals surface area contributed by atoms with Crippen molar-refractivity contribution in [2.24, 2.45) is 56.2 Å². The molecule has 230 valence electrons. The number of rotatable bonds is 4. The molecule has 0 spiro atoms. The Hall–Kier alpha value is -1.69. The van der Waals surface area contributed by atoms with E-state index in [9.17, 15) is 24.6 Å². The molecule has 0 heterocycles. The molecule has 9 atom stereocenters. The number of aliphatic hydroxyl groups excluding tert-OH is 1. The summed E-state index contributed by atoms with van der Waals surface area (Å²) in [4.78, 5) is 40.8. The van der Waals surface area contributed by atoms with Crippen molar-refractivity contribution in [2.45, 2.75) is 132 Å². The van der Waals surface area contributed by atoms with E-state index in [0.717, 1.165) is 56.9 Å². The molecule has 4 fully saturated rings. The molecule has 0 bridgehead atoms. The normalized spacial score (nSPS) is 45.3. The van der Waals surface area contributed by atoms with Crippen LogP contribution in [0.4, 0.5) is 0 Å². The average molecular weight is 570 g/mol. The second-order valence-corrected chi connectivity index (χ2v) is 17.3. The number of fused-ring (bicyclic) bond motifs is 7. The topological polar surface area (TPSA) is 104 Å². The highest BCUT2D eigenvalue weighted by atomic mass is 16.4. The molecule has 6 nitrogen and oxygen atoms in total. The lowest BCUT2D eigenvalue weighted by Gasteiger charge is -2.70. The highest BCUT2D eigenvalue weighted by Crippen LogP contribution is 2.75. The van der Waals surface area contributed by atoms with Gasteiger partial charge in [0.1, 0.15) is 6.04 Å². The molecule has 3 N–H and O–H groups in total. The van der Waals surface area contributed by atoms with Crippen LogP contribution in [0.3, 0.4) is 0 Å². The maximum atomic E-state index is 14.5. The fraction of sp³-hybridized carbons (Fsp3) is 0.857. The van der Waals surface area contributed by atoms with Crippen LogP contribution in [-0.2, 0) is 14.4 Å². The van der Waals surface area contributed by atoms with Gasteiger partial charge >= 0.3 is 5.97 Å². The summed E-state index contributed by atoms with van der Waals surface area (Å²) in [5.74, 6) is -1.04. The Bertz CT molecular complexity index is 1170. The molecule has 5 aliphatic rings. The number of carboxylic acid groups (broad SMARTS) is 1. The monoisotopic (exact) mass is 569 g/mol. The van der Waals surface area contributed by atoms with E-state index in [2.05, 4.69) is 53.8 Å². The van der Waals surface area contributed by atoms with E-state index in [1.54, 1.807) is 0 Å². The predicted octanol–water partition coefficient (Wildman–Crippen LogP) is 6.55. The number of ketones is 1. The standard InChI is InChI=1S/C35H55NO5/c1-20(2)26(28(39)40)36-29(41)35-16-14-30(3,4)19-22(35)21-18-23(37)27-32(7)12-11-25(38)31(5,6)24(32)10-13-34(27,9)33(21,8)15-17-35/h18,20,22,24-27,38H,10-17,19H2,1-9H3,(H,36,41)(H,39,40)/t22-,24?,25-,26?,27+,32-,33+,34+,35-/m0/s1. The molecule has 0 aromatic heterocycles. The van der Waals surface area contributed by atoms with E-state index in [4.69, 9.17) is 0 Å². The number of allylic oxidation sites excluding steroid dienone is 2. The van der Waals surface area contributed by atoms with E-state index in [0.29, 0.717) is 6.42 Å². The van der Waals surface area contributed by atoms with Crippen molar-refractivity contribution in [2.75, 3.05) is 0 Å². The van der Waals surface area contributed by atoms with Gasteiger partial charge in [-0.2, -0.15) is 0 Å². The van der Waals surface area contributed by atoms with Gasteiger partial charge in [-0.15, -0.1) is 0 Å². The second kappa shape index (κ2) is 9.40. The molecule has 41 heavy (non-hydrogen) atoms. The van der Waals surface area contributed by atoms with Crippen molar-refractivity contribution in [3.05, 3.63) is 11.6 Å². The number of carboxylic acids is 1. The van der Waals surface area contributed by atoms with Crippen LogP contribution < -0.4 is 5.32 Å². The summed E-state index contributed by atoms with van der Waals surface area (Å²) in [6.45, 7) is 19.7. The van der Waals surface area contributed by atoms with Crippen molar-refractivity contribution >= 4 is 17.7 Å². The first kappa shape index (κ1) is 30.8. The molecule has 0 aromatic carbocycles. The zero-order valence-corrected chi connectivity index (χ0v) is 27.0. The van der Waals surface area contributed by atoms with Crippen molar-refractivity contribution in [3.8, 4) is 0 Å². The van der Waals surface area contributed by atoms with Gasteiger partial charge in [0.05, 0.1) is 11.5 Å². The second-order valence-electron chi connectivity index (χ2n) is 17.3. The van der Waals surface area contributed by atoms with Crippen LogP contribution in [-0.4, -0.2) is 40.0 Å². The van der Waals surface area contributed by atoms with Crippen LogP contribution in [0.1, 0.15) is 120 Å². The summed E-state index contributed by atoms with van der Waals surface area (Å²) in [5.41, 5.74) is -0.360. The third kappa shape index (κ3) is 4.15. The molecule has 0 aliphatic heterocycles. The minimum Gasteiger partial charge on any atom is -0.480 e. The van der Waals surface area contributed by atoms with Gasteiger partial charge in [-0.1, -0.05) is 67.9 Å². The summed E-state index contributed by atoms with van der Waals surface area (Å²) >= 11 is 0. The summed E-state index contributed by atoms with van der Waals surface area (Å²) in [5, 5.41) is 23.8. The molecule has 5 aliphatic carbocycles. The molecule has 6 heteroatoms. The summed E-state index contributed by atoms with van der Waals surface area (Å²) in [6.07, 6.45) is 9.17. The van der Waals surface area contributed by atoms with E-state index >= 15 is 0 Å². The lowest BCUT2D eigenvalue weighted by Crippen LogP contribution is -2.67. The molecule has 1 amide bonds. The maximum absolute atomic E-state index is 14.5. The minimum absolute atomic E-state index is 0.0335. The van der Waals surface area contributed by atoms with E-state index < -0.39 is 17.4 Å². The Morgan fingerprint density at radius 3 is 2.17 bits per heavy atom. The Balaban J connectivity index is 1.60. The SMILES string of the molecule is CC(C)C(NC(=O)[C@]12CCC(C)(C)C[C@H]1C1=CC(=O)[C@@H]3[C@@]4(C)CC[C@H](O)C(C)(C)C4CC[C@@]3(C)[C@]1(C)CC2)C(=O)O. The fourth-order valence-corrected chi connectivity index (χ4v) is 11.3. The lowest BCUT2D eigenvalue weighted by molar-refractivity contribution is -0.203. The van der Waals surface area contributed by atoms with Crippen molar-refractivity contribution in [1.29, 1.82) is 0 Å². The Morgan fingerprint density at radius 2 is 1.56 bits per heavy atom. The van der Waals surface area contributed by atoms with Crippen LogP contribution in [0, 0.1) is 56.2 Å². The number of carbonyl (C=O) groups is 3. The number of aliphatic hydroxyl groups is 1. The van der Waals surface area contributed by atoms with Crippen molar-refractivity contribution in [3.63, 3.8) is 0 Å². The molecular formula is C35H55NO5. The number of aliphatic carboxylic acids is 1. The molecule has 2 unspecified atom stereocenters. The van der Waals surface area contributed by atoms with Crippen LogP contribution in [0.25, 0.3) is 0 Å². The Labute approximate surface area is 247 Å². The highest BCUT2D eigenvalue weighted by molar-refractivity contribution is 5.96. The fourth-order valence-electron chi connectivity index (χ4n) is 11.3. The molecule has 0 saturated heterocycles. The molecular weight excluding hydrogens is 514 g/mol. The maximum Gasteiger partial charge on any atom is 0.326 e. The van der Waals surface area contributed by atoms with Crippen LogP contribution in [0.5, 0.6) is 0 Å². The number of hydrogen-bond donors (Lipinski definition) is 3. The Morgan fingerprint density at radius 1 is 0.927 bits per heavy atom. The molecule has 4 saturated carbocycles. The third-order valence-corrected chi connectivity index (χ3v) is 14.0. The number of hydrogen-bond acceptors (Lipinski definition) is 4. The van der Waals surface area contributed by atoms with Gasteiger partial charge in [-0.05, 0) is 109 Å². The van der Waals surface area contributed by atoms with Crippen LogP contribution >= 0.6 is 0 Å². The molecule has 0 radical (unpaired) electrons. The Kier molecular flexibility index (Phi) is 7.05. The van der Waals surface area contributed by atoms with Gasteiger partial charge in [0.2, 0.25) is 5.91 Å². The molecule has 5 rings (SSSR count). The smallest absolute Gasteiger partial charge is 0.326 e. The predicted molar refractivity (Wildman–Crippen MR) is 160 cm³/mol. The number of carbonyl (C=O) groups excluding carboxylic acids is 2. The van der Waals surface area contributed by atoms with Crippen molar-refractivity contribution in [1.82, 2.24) is 5.32 Å². The van der Waals surface area contributed by atoms with E-state index in [1.807, 2.05) is 19.9 Å². The van der Waals surface area contributed by atoms with E-state index in [-0.39, 0.29) is 68.5 Å². The summed E-state index contributed by atoms with van der Waals surface area (Å²) < 4.78 is 0. The first-order chi connectivity index (χ1) is 18.8. The van der Waals surface area contributed by atoms with Crippen LogP contribution in [0.15, 0.2) is 11.6 Å². The first-order valence-corrected chi connectivity index (χ1v) is 16.2. The number of nitrogens with one attached hydrogen (secondary N) is 1. The summed E-state index contributed by atoms with van der Waals surface area (Å²) in [7, 11) is 0. The third-order valence-electron chi connectivity index (χ3n) is 14.0. The highest BCUT2D eigenvalue weighted by Gasteiger charge is 2.71. The quantitative estimate of drug-likeness (QED) is 0.356. The lowest BCUT2D eigenvalue weighted by atomic mass is 9.33. The zero-order chi connectivity index (χ0) is 30.6. The van der Waals surface area contributed by atoms with Gasteiger partial charge in [0.15, 0.2) is 5.78 Å². The summed E-state index contributed by atoms with van der Waals surface area (Å²) in [6, 6.07) is -0.926. The van der Waals surface area contributed by atoms with Crippen LogP contribution in [0.2, 0.25) is 0 Å². The first-order valence-electron chi connectivity index (χ1n) is 16.2. The largest absolute Gasteiger partial charge is 0.480 e. The average Bonchev–Trinajstić information content (AvgIpc) is 2.85. The van der Waals surface area contributed by atoms with Gasteiger partial charge < -0.3 is 15.5 Å². The molecule has 0 aromatic rings. The van der Waals surface area contributed by atoms with Gasteiger partial charge in [-0.3, -0.25) is 9.59 Å². The van der Waals surface area contributed by atoms with Gasteiger partial charge in [-0.25, -0.2) is 4.79 Å². The number of amides is 1. The minimum atomic E-state index is -0.994. The van der Waals surface area contributed by atoms with Crippen molar-refractivity contribution < 1.29 is 24.6 Å². The van der Waals surface area contributed by atoms with Gasteiger partial charge in [0.25, 0.3) is 0 Å². The van der Waals surface area contributed by atoms with Gasteiger partial charge in [0, 0.05) is 5.92 Å². The zero-order valence-electron chi connectivity index (χ0n) is 27.0. The van der Waals surface area contributed by atoms with E-state index in [1.165, 1.54) is 0 Å².